The van der Waals surface area contributed by atoms with Crippen LogP contribution >= 0.6 is 0 Å². The van der Waals surface area contributed by atoms with E-state index in [1.54, 1.807) is 0 Å². The molecule has 0 saturated carbocycles. The normalized spacial score (nSPS) is 18.5. The molecule has 1 saturated heterocycles. The maximum Gasteiger partial charge on any atom is 0.119 e. The minimum absolute atomic E-state index is 0.357. The van der Waals surface area contributed by atoms with E-state index in [-0.39, 0.29) is 0 Å². The molecule has 2 aromatic carbocycles. The number of ether oxygens (including phenoxy) is 2. The smallest absolute Gasteiger partial charge is 0.119 e. The summed E-state index contributed by atoms with van der Waals surface area (Å²) in [6.07, 6.45) is 2.41. The third-order valence-electron chi connectivity index (χ3n) is 4.66. The molecule has 1 aliphatic rings. The van der Waals surface area contributed by atoms with E-state index in [0.717, 1.165) is 31.4 Å². The average molecular weight is 325 g/mol. The van der Waals surface area contributed by atoms with E-state index >= 15 is 0 Å². The van der Waals surface area contributed by atoms with Crippen molar-refractivity contribution in [2.45, 2.75) is 32.4 Å². The van der Waals surface area contributed by atoms with Crippen LogP contribution in [0.25, 0.3) is 0 Å². The molecule has 0 bridgehead atoms. The maximum absolute atomic E-state index is 5.84. The van der Waals surface area contributed by atoms with Crippen molar-refractivity contribution in [3.63, 3.8) is 0 Å². The van der Waals surface area contributed by atoms with E-state index < -0.39 is 0 Å². The van der Waals surface area contributed by atoms with Crippen molar-refractivity contribution >= 4 is 0 Å². The van der Waals surface area contributed by atoms with Gasteiger partial charge in [0.1, 0.15) is 12.4 Å². The zero-order chi connectivity index (χ0) is 16.6. The third-order valence-corrected chi connectivity index (χ3v) is 4.66. The van der Waals surface area contributed by atoms with Crippen LogP contribution < -0.4 is 10.1 Å². The second-order valence-corrected chi connectivity index (χ2v) is 6.54. The molecule has 2 atom stereocenters. The van der Waals surface area contributed by atoms with Gasteiger partial charge in [-0.3, -0.25) is 0 Å². The average Bonchev–Trinajstić information content (AvgIpc) is 3.15. The highest BCUT2D eigenvalue weighted by Crippen LogP contribution is 2.20. The predicted molar refractivity (Wildman–Crippen MR) is 97.2 cm³/mol. The van der Waals surface area contributed by atoms with Gasteiger partial charge in [0.05, 0.1) is 0 Å². The first-order valence-electron chi connectivity index (χ1n) is 8.89. The Hall–Kier alpha value is -1.84. The van der Waals surface area contributed by atoms with Crippen LogP contribution in [0, 0.1) is 5.92 Å². The van der Waals surface area contributed by atoms with E-state index in [9.17, 15) is 0 Å². The minimum Gasteiger partial charge on any atom is -0.489 e. The Morgan fingerprint density at radius 3 is 2.62 bits per heavy atom. The van der Waals surface area contributed by atoms with Crippen LogP contribution in [0.15, 0.2) is 54.6 Å². The van der Waals surface area contributed by atoms with Crippen molar-refractivity contribution in [1.82, 2.24) is 5.32 Å². The molecule has 3 nitrogen and oxygen atoms in total. The van der Waals surface area contributed by atoms with Crippen LogP contribution in [0.5, 0.6) is 5.75 Å². The molecule has 0 aromatic heterocycles. The molecule has 0 amide bonds. The van der Waals surface area contributed by atoms with Gasteiger partial charge in [0.2, 0.25) is 0 Å². The lowest BCUT2D eigenvalue weighted by Gasteiger charge is -2.16. The number of nitrogens with one attached hydrogen (secondary N) is 1. The van der Waals surface area contributed by atoms with Crippen molar-refractivity contribution in [1.29, 1.82) is 0 Å². The summed E-state index contributed by atoms with van der Waals surface area (Å²) in [6.45, 7) is 5.73. The molecule has 0 spiro atoms. The molecule has 128 valence electrons. The zero-order valence-electron chi connectivity index (χ0n) is 14.4. The standard InChI is InChI=1S/C21H27NO2/c1-17(22-13-11-19-12-14-23-15-19)20-7-9-21(10-8-20)24-16-18-5-3-2-4-6-18/h2-10,17,19,22H,11-16H2,1H3. The summed E-state index contributed by atoms with van der Waals surface area (Å²) in [5.74, 6) is 1.65. The Morgan fingerprint density at radius 1 is 1.12 bits per heavy atom. The summed E-state index contributed by atoms with van der Waals surface area (Å²) in [7, 11) is 0. The van der Waals surface area contributed by atoms with Gasteiger partial charge in [0, 0.05) is 19.3 Å². The molecule has 3 rings (SSSR count). The topological polar surface area (TPSA) is 30.5 Å². The van der Waals surface area contributed by atoms with Crippen molar-refractivity contribution in [3.05, 3.63) is 65.7 Å². The van der Waals surface area contributed by atoms with Crippen molar-refractivity contribution < 1.29 is 9.47 Å². The van der Waals surface area contributed by atoms with Crippen molar-refractivity contribution in [2.24, 2.45) is 5.92 Å². The molecule has 24 heavy (non-hydrogen) atoms. The number of hydrogen-bond acceptors (Lipinski definition) is 3. The zero-order valence-corrected chi connectivity index (χ0v) is 14.4. The SMILES string of the molecule is CC(NCCC1CCOC1)c1ccc(OCc2ccccc2)cc1. The second-order valence-electron chi connectivity index (χ2n) is 6.54. The van der Waals surface area contributed by atoms with E-state index in [0.29, 0.717) is 12.6 Å². The van der Waals surface area contributed by atoms with Crippen molar-refractivity contribution in [2.75, 3.05) is 19.8 Å². The van der Waals surface area contributed by atoms with Gasteiger partial charge in [0.25, 0.3) is 0 Å². The fraction of sp³-hybridized carbons (Fsp3) is 0.429. The Morgan fingerprint density at radius 2 is 1.92 bits per heavy atom. The molecule has 0 radical (unpaired) electrons. The first-order valence-corrected chi connectivity index (χ1v) is 8.89. The van der Waals surface area contributed by atoms with Crippen LogP contribution in [0.1, 0.15) is 36.9 Å². The van der Waals surface area contributed by atoms with Gasteiger partial charge in [-0.25, -0.2) is 0 Å². The highest BCUT2D eigenvalue weighted by Gasteiger charge is 2.15. The van der Waals surface area contributed by atoms with Crippen LogP contribution in [0.3, 0.4) is 0 Å². The summed E-state index contributed by atoms with van der Waals surface area (Å²) in [5, 5.41) is 3.61. The monoisotopic (exact) mass is 325 g/mol. The van der Waals surface area contributed by atoms with Gasteiger partial charge < -0.3 is 14.8 Å². The fourth-order valence-corrected chi connectivity index (χ4v) is 3.03. The van der Waals surface area contributed by atoms with Crippen molar-refractivity contribution in [3.8, 4) is 5.75 Å². The Balaban J connectivity index is 1.43. The van der Waals surface area contributed by atoms with Gasteiger partial charge in [-0.15, -0.1) is 0 Å². The molecule has 1 fully saturated rings. The third kappa shape index (κ3) is 5.08. The van der Waals surface area contributed by atoms with Gasteiger partial charge in [-0.2, -0.15) is 0 Å². The first kappa shape index (κ1) is 17.0. The fourth-order valence-electron chi connectivity index (χ4n) is 3.03. The number of hydrogen-bond donors (Lipinski definition) is 1. The second kappa shape index (κ2) is 8.86. The van der Waals surface area contributed by atoms with Gasteiger partial charge in [-0.1, -0.05) is 42.5 Å². The minimum atomic E-state index is 0.357. The van der Waals surface area contributed by atoms with Gasteiger partial charge in [-0.05, 0) is 55.5 Å². The Bertz CT molecular complexity index is 591. The van der Waals surface area contributed by atoms with E-state index in [2.05, 4.69) is 48.6 Å². The lowest BCUT2D eigenvalue weighted by atomic mass is 10.0. The van der Waals surface area contributed by atoms with Crippen LogP contribution in [0.4, 0.5) is 0 Å². The number of rotatable bonds is 8. The van der Waals surface area contributed by atoms with Crippen LogP contribution in [-0.4, -0.2) is 19.8 Å². The lowest BCUT2D eigenvalue weighted by molar-refractivity contribution is 0.184. The summed E-state index contributed by atoms with van der Waals surface area (Å²) in [6, 6.07) is 19.0. The Labute approximate surface area is 145 Å². The molecular weight excluding hydrogens is 298 g/mol. The highest BCUT2D eigenvalue weighted by molar-refractivity contribution is 5.29. The molecule has 3 heteroatoms. The predicted octanol–water partition coefficient (Wildman–Crippen LogP) is 4.34. The molecule has 0 aliphatic carbocycles. The lowest BCUT2D eigenvalue weighted by Crippen LogP contribution is -2.22. The quantitative estimate of drug-likeness (QED) is 0.783. The molecule has 2 aromatic rings. The molecular formula is C21H27NO2. The Kier molecular flexibility index (Phi) is 6.27. The largest absolute Gasteiger partial charge is 0.489 e. The molecule has 1 N–H and O–H groups in total. The van der Waals surface area contributed by atoms with E-state index in [1.807, 2.05) is 18.2 Å². The van der Waals surface area contributed by atoms with Gasteiger partial charge >= 0.3 is 0 Å². The van der Waals surface area contributed by atoms with Crippen LogP contribution in [-0.2, 0) is 11.3 Å². The summed E-state index contributed by atoms with van der Waals surface area (Å²) >= 11 is 0. The van der Waals surface area contributed by atoms with Crippen LogP contribution in [0.2, 0.25) is 0 Å². The first-order chi connectivity index (χ1) is 11.8. The summed E-state index contributed by atoms with van der Waals surface area (Å²) < 4.78 is 11.3. The summed E-state index contributed by atoms with van der Waals surface area (Å²) in [5.41, 5.74) is 2.48. The van der Waals surface area contributed by atoms with E-state index in [1.165, 1.54) is 24.0 Å². The molecule has 1 heterocycles. The highest BCUT2D eigenvalue weighted by atomic mass is 16.5. The summed E-state index contributed by atoms with van der Waals surface area (Å²) in [4.78, 5) is 0. The molecule has 1 aliphatic heterocycles. The van der Waals surface area contributed by atoms with Gasteiger partial charge in [0.15, 0.2) is 0 Å². The maximum atomic E-state index is 5.84. The number of benzene rings is 2. The van der Waals surface area contributed by atoms with E-state index in [4.69, 9.17) is 9.47 Å². The molecule has 2 unspecified atom stereocenters.